The molecule has 0 spiro atoms. The molecule has 0 aromatic carbocycles. The Bertz CT molecular complexity index is 1680. The molecule has 67 heavy (non-hydrogen) atoms. The van der Waals surface area contributed by atoms with E-state index < -0.39 is 138 Å². The maximum atomic E-state index is 13.7. The summed E-state index contributed by atoms with van der Waals surface area (Å²) in [7, 11) is 0. The molecular formula is C42H76N12O13. The number of carbonyl (C=O) groups excluding carboxylic acids is 10. The molecule has 0 aliphatic carbocycles. The van der Waals surface area contributed by atoms with E-state index in [1.165, 1.54) is 27.7 Å². The van der Waals surface area contributed by atoms with Crippen LogP contribution in [0.1, 0.15) is 107 Å². The van der Waals surface area contributed by atoms with Gasteiger partial charge in [-0.2, -0.15) is 0 Å². The van der Waals surface area contributed by atoms with E-state index in [1.54, 1.807) is 27.7 Å². The third-order valence-corrected chi connectivity index (χ3v) is 10.3. The first-order chi connectivity index (χ1) is 31.3. The number of carboxylic acid groups (broad SMARTS) is 1. The van der Waals surface area contributed by atoms with Gasteiger partial charge in [0.1, 0.15) is 54.6 Å². The number of aliphatic hydroxyl groups excluding tert-OH is 1. The second-order valence-electron chi connectivity index (χ2n) is 17.0. The number of nitrogens with two attached hydrogens (primary N) is 3. The number of nitrogens with one attached hydrogen (secondary N) is 9. The number of aliphatic hydroxyl groups is 1. The summed E-state index contributed by atoms with van der Waals surface area (Å²) in [5.74, 6) is -9.47. The van der Waals surface area contributed by atoms with Gasteiger partial charge in [-0.1, -0.05) is 27.7 Å². The molecule has 0 bridgehead atoms. The average molecular weight is 957 g/mol. The predicted molar refractivity (Wildman–Crippen MR) is 244 cm³/mol. The van der Waals surface area contributed by atoms with Crippen molar-refractivity contribution in [1.82, 2.24) is 47.9 Å². The predicted octanol–water partition coefficient (Wildman–Crippen LogP) is -4.62. The van der Waals surface area contributed by atoms with Crippen LogP contribution in [0.2, 0.25) is 0 Å². The molecule has 0 rings (SSSR count). The fourth-order valence-electron chi connectivity index (χ4n) is 6.20. The van der Waals surface area contributed by atoms with Crippen molar-refractivity contribution in [1.29, 1.82) is 0 Å². The molecule has 0 radical (unpaired) electrons. The lowest BCUT2D eigenvalue weighted by Gasteiger charge is -2.28. The summed E-state index contributed by atoms with van der Waals surface area (Å²) in [4.78, 5) is 141. The van der Waals surface area contributed by atoms with Crippen LogP contribution in [0.4, 0.5) is 0 Å². The van der Waals surface area contributed by atoms with Gasteiger partial charge >= 0.3 is 5.97 Å². The molecule has 10 atom stereocenters. The maximum absolute atomic E-state index is 13.7. The quantitative estimate of drug-likeness (QED) is 0.0217. The second-order valence-corrected chi connectivity index (χ2v) is 17.0. The standard InChI is InChI=1S/C42H76N12O13/c1-21(2)32(52-30(57)19-45)41(66)53-33(22(3)4)40(65)48-24(6)36(61)46-23(5)35(60)47-25(7)37(62)50-29(15-16-31(58)59)38(63)51-28(14-10-12-18-44)39(64)54-34(26(8)56)42(67)49-27(20-55)13-9-11-17-43/h20-29,32-34,56H,9-19,43-45H2,1-8H3,(H,46,61)(H,47,60)(H,48,65)(H,49,67)(H,50,62)(H,51,63)(H,52,57)(H,53,66)(H,54,64)(H,58,59)/t23-,24-,25-,26+,27-,28-,29-,32-,33-,34-/m0/s1. The molecule has 0 aromatic heterocycles. The van der Waals surface area contributed by atoms with Crippen LogP contribution in [0, 0.1) is 11.8 Å². The minimum atomic E-state index is -1.56. The lowest BCUT2D eigenvalue weighted by Crippen LogP contribution is -2.60. The van der Waals surface area contributed by atoms with Crippen LogP contribution < -0.4 is 65.1 Å². The number of carboxylic acids is 1. The van der Waals surface area contributed by atoms with E-state index in [2.05, 4.69) is 47.9 Å². The van der Waals surface area contributed by atoms with Crippen LogP contribution in [-0.4, -0.2) is 156 Å². The zero-order valence-corrected chi connectivity index (χ0v) is 39.9. The molecule has 9 amide bonds. The van der Waals surface area contributed by atoms with Gasteiger partial charge < -0.3 is 80.1 Å². The number of hydrogen-bond donors (Lipinski definition) is 14. The van der Waals surface area contributed by atoms with E-state index in [-0.39, 0.29) is 31.8 Å². The summed E-state index contributed by atoms with van der Waals surface area (Å²) in [6.45, 7) is 12.1. The Morgan fingerprint density at radius 3 is 1.30 bits per heavy atom. The monoisotopic (exact) mass is 957 g/mol. The molecular weight excluding hydrogens is 881 g/mol. The van der Waals surface area contributed by atoms with Gasteiger partial charge in [-0.15, -0.1) is 0 Å². The summed E-state index contributed by atoms with van der Waals surface area (Å²) in [6.07, 6.45) is 0.0755. The van der Waals surface area contributed by atoms with Gasteiger partial charge in [-0.05, 0) is 97.6 Å². The highest BCUT2D eigenvalue weighted by atomic mass is 16.4. The highest BCUT2D eigenvalue weighted by Crippen LogP contribution is 2.09. The maximum Gasteiger partial charge on any atom is 0.303 e. The molecule has 0 aliphatic heterocycles. The van der Waals surface area contributed by atoms with E-state index in [4.69, 9.17) is 17.2 Å². The highest BCUT2D eigenvalue weighted by molar-refractivity contribution is 5.98. The van der Waals surface area contributed by atoms with Crippen LogP contribution >= 0.6 is 0 Å². The third kappa shape index (κ3) is 23.5. The van der Waals surface area contributed by atoms with Gasteiger partial charge in [0.05, 0.1) is 18.7 Å². The lowest BCUT2D eigenvalue weighted by molar-refractivity contribution is -0.138. The summed E-state index contributed by atoms with van der Waals surface area (Å²) in [5.41, 5.74) is 16.5. The molecule has 382 valence electrons. The fourth-order valence-corrected chi connectivity index (χ4v) is 6.20. The van der Waals surface area contributed by atoms with Crippen LogP contribution in [0.3, 0.4) is 0 Å². The number of carbonyl (C=O) groups is 11. The molecule has 0 unspecified atom stereocenters. The molecule has 0 saturated carbocycles. The van der Waals surface area contributed by atoms with Crippen molar-refractivity contribution in [3.8, 4) is 0 Å². The van der Waals surface area contributed by atoms with Crippen molar-refractivity contribution in [2.24, 2.45) is 29.0 Å². The van der Waals surface area contributed by atoms with E-state index in [9.17, 15) is 63.0 Å². The molecule has 0 saturated heterocycles. The first kappa shape index (κ1) is 61.2. The van der Waals surface area contributed by atoms with Crippen LogP contribution in [0.25, 0.3) is 0 Å². The average Bonchev–Trinajstić information content (AvgIpc) is 3.25. The smallest absolute Gasteiger partial charge is 0.303 e. The third-order valence-electron chi connectivity index (χ3n) is 10.3. The number of amides is 9. The highest BCUT2D eigenvalue weighted by Gasteiger charge is 2.35. The van der Waals surface area contributed by atoms with Crippen molar-refractivity contribution in [2.45, 2.75) is 167 Å². The topological polar surface area (TPSA) is 415 Å². The van der Waals surface area contributed by atoms with Crippen molar-refractivity contribution < 1.29 is 63.0 Å². The van der Waals surface area contributed by atoms with Gasteiger partial charge in [0.25, 0.3) is 0 Å². The van der Waals surface area contributed by atoms with Gasteiger partial charge in [-0.3, -0.25) is 47.9 Å². The van der Waals surface area contributed by atoms with Gasteiger partial charge in [0.2, 0.25) is 53.2 Å². The molecule has 25 nitrogen and oxygen atoms in total. The Labute approximate surface area is 391 Å². The largest absolute Gasteiger partial charge is 0.481 e. The van der Waals surface area contributed by atoms with E-state index in [0.717, 1.165) is 0 Å². The Morgan fingerprint density at radius 1 is 0.463 bits per heavy atom. The molecule has 0 aliphatic rings. The van der Waals surface area contributed by atoms with Crippen molar-refractivity contribution in [2.75, 3.05) is 19.6 Å². The van der Waals surface area contributed by atoms with Gasteiger partial charge in [0.15, 0.2) is 0 Å². The summed E-state index contributed by atoms with van der Waals surface area (Å²) in [5, 5.41) is 41.9. The summed E-state index contributed by atoms with van der Waals surface area (Å²) >= 11 is 0. The zero-order valence-electron chi connectivity index (χ0n) is 39.9. The number of aliphatic carboxylic acids is 1. The lowest BCUT2D eigenvalue weighted by atomic mass is 9.99. The van der Waals surface area contributed by atoms with Gasteiger partial charge in [-0.25, -0.2) is 0 Å². The van der Waals surface area contributed by atoms with E-state index in [0.29, 0.717) is 38.5 Å². The SMILES string of the molecule is CC(C)[C@H](NC(=O)CN)C(=O)N[C@H](C(=O)N[C@@H](C)C(=O)N[C@@H](C)C(=O)N[C@@H](C)C(=O)N[C@@H](CCC(=O)O)C(=O)N[C@@H](CCCCN)C(=O)N[C@H](C(=O)N[C@H](C=O)CCCCN)[C@@H](C)O)C(C)C. The van der Waals surface area contributed by atoms with E-state index in [1.807, 2.05) is 0 Å². The Balaban J connectivity index is 5.88. The molecule has 25 heteroatoms. The second kappa shape index (κ2) is 32.0. The number of unbranched alkanes of at least 4 members (excludes halogenated alkanes) is 2. The minimum Gasteiger partial charge on any atom is -0.481 e. The summed E-state index contributed by atoms with van der Waals surface area (Å²) < 4.78 is 0. The van der Waals surface area contributed by atoms with Crippen LogP contribution in [0.5, 0.6) is 0 Å². The van der Waals surface area contributed by atoms with Crippen LogP contribution in [-0.2, 0) is 52.7 Å². The molecule has 0 heterocycles. The molecule has 17 N–H and O–H groups in total. The number of rotatable bonds is 33. The first-order valence-electron chi connectivity index (χ1n) is 22.5. The zero-order chi connectivity index (χ0) is 51.6. The van der Waals surface area contributed by atoms with Gasteiger partial charge in [0, 0.05) is 6.42 Å². The van der Waals surface area contributed by atoms with Crippen molar-refractivity contribution in [3.63, 3.8) is 0 Å². The van der Waals surface area contributed by atoms with E-state index >= 15 is 0 Å². The number of aldehydes is 1. The first-order valence-corrected chi connectivity index (χ1v) is 22.5. The normalized spacial score (nSPS) is 15.6. The Morgan fingerprint density at radius 2 is 0.851 bits per heavy atom. The Kier molecular flexibility index (Phi) is 29.2. The number of hydrogen-bond acceptors (Lipinski definition) is 15. The molecule has 0 aromatic rings. The van der Waals surface area contributed by atoms with Crippen molar-refractivity contribution >= 4 is 65.4 Å². The fraction of sp³-hybridized carbons (Fsp3) is 0.738. The van der Waals surface area contributed by atoms with Crippen molar-refractivity contribution in [3.05, 3.63) is 0 Å². The summed E-state index contributed by atoms with van der Waals surface area (Å²) in [6, 6.07) is -11.4. The van der Waals surface area contributed by atoms with Crippen LogP contribution in [0.15, 0.2) is 0 Å². The minimum absolute atomic E-state index is 0.0267. The Hall–Kier alpha value is -5.79. The molecule has 0 fully saturated rings.